The third kappa shape index (κ3) is 14.4. The van der Waals surface area contributed by atoms with Crippen LogP contribution in [0.2, 0.25) is 25.7 Å². The first-order valence-electron chi connectivity index (χ1n) is 6.17. The molecule has 0 bridgehead atoms. The van der Waals surface area contributed by atoms with E-state index in [-0.39, 0.29) is 6.61 Å². The van der Waals surface area contributed by atoms with E-state index in [1.54, 1.807) is 0 Å². The van der Waals surface area contributed by atoms with Crippen LogP contribution in [-0.2, 0) is 23.7 Å². The van der Waals surface area contributed by atoms with Crippen LogP contribution >= 0.6 is 7.82 Å². The molecule has 0 heterocycles. The zero-order valence-electron chi connectivity index (χ0n) is 12.7. The van der Waals surface area contributed by atoms with Crippen molar-refractivity contribution in [3.63, 3.8) is 0 Å². The molecule has 0 fully saturated rings. The molecule has 7 nitrogen and oxygen atoms in total. The van der Waals surface area contributed by atoms with Gasteiger partial charge in [0.2, 0.25) is 0 Å². The van der Waals surface area contributed by atoms with Gasteiger partial charge in [-0.2, -0.15) is 0 Å². The van der Waals surface area contributed by atoms with E-state index in [1.165, 1.54) is 0 Å². The molecule has 0 aromatic heterocycles. The molecule has 0 radical (unpaired) electrons. The molecule has 19 heavy (non-hydrogen) atoms. The average molecular weight is 316 g/mol. The highest BCUT2D eigenvalue weighted by Gasteiger charge is 2.25. The minimum atomic E-state index is -4.21. The second-order valence-corrected chi connectivity index (χ2v) is 13.6. The number of hydrogen-bond acceptors (Lipinski definition) is 5. The summed E-state index contributed by atoms with van der Waals surface area (Å²) in [5.74, 6) is 0. The van der Waals surface area contributed by atoms with Crippen molar-refractivity contribution in [3.05, 3.63) is 0 Å². The van der Waals surface area contributed by atoms with Crippen molar-refractivity contribution in [2.24, 2.45) is 0 Å². The molecule has 0 aliphatic rings. The van der Waals surface area contributed by atoms with Crippen LogP contribution in [0.3, 0.4) is 0 Å². The average Bonchev–Trinajstić information content (AvgIpc) is 2.12. The maximum atomic E-state index is 11.4. The van der Waals surface area contributed by atoms with Crippen molar-refractivity contribution in [1.82, 2.24) is 0 Å². The lowest BCUT2D eigenvalue weighted by atomic mass is 10.5. The highest BCUT2D eigenvalue weighted by atomic mass is 31.2. The molecule has 0 saturated heterocycles. The number of quaternary nitrogens is 1. The predicted molar refractivity (Wildman–Crippen MR) is 75.0 cm³/mol. The summed E-state index contributed by atoms with van der Waals surface area (Å²) in [6, 6.07) is 0.869. The fourth-order valence-corrected chi connectivity index (χ4v) is 2.06. The van der Waals surface area contributed by atoms with Gasteiger partial charge in [0.05, 0.1) is 27.7 Å². The lowest BCUT2D eigenvalue weighted by Gasteiger charge is -2.23. The summed E-state index contributed by atoms with van der Waals surface area (Å²) in [6.45, 7) is 7.54. The lowest BCUT2D eigenvalue weighted by molar-refractivity contribution is -0.870. The van der Waals surface area contributed by atoms with Gasteiger partial charge >= 0.3 is 7.82 Å². The predicted octanol–water partition coefficient (Wildman–Crippen LogP) is 2.03. The van der Waals surface area contributed by atoms with Crippen LogP contribution in [0.5, 0.6) is 0 Å². The Balaban J connectivity index is 3.71. The SMILES string of the molecule is C[N+](C)(C)CCOP(=O)(O)OOOCC[Si](C)(C)C. The normalized spacial score (nSPS) is 16.4. The molecule has 116 valence electrons. The molecule has 0 rings (SSSR count). The van der Waals surface area contributed by atoms with E-state index in [1.807, 2.05) is 21.1 Å². The highest BCUT2D eigenvalue weighted by Crippen LogP contribution is 2.43. The number of hydrogen-bond donors (Lipinski definition) is 1. The molecular formula is C10H27NO6PSi+. The Labute approximate surface area is 116 Å². The van der Waals surface area contributed by atoms with Gasteiger partial charge in [0.25, 0.3) is 0 Å². The molecule has 1 N–H and O–H groups in total. The Morgan fingerprint density at radius 2 is 1.74 bits per heavy atom. The maximum Gasteiger partial charge on any atom is 0.501 e. The van der Waals surface area contributed by atoms with Crippen LogP contribution in [0.4, 0.5) is 0 Å². The van der Waals surface area contributed by atoms with E-state index in [9.17, 15) is 9.46 Å². The van der Waals surface area contributed by atoms with Crippen molar-refractivity contribution in [2.45, 2.75) is 25.7 Å². The van der Waals surface area contributed by atoms with Gasteiger partial charge in [-0.1, -0.05) is 29.4 Å². The van der Waals surface area contributed by atoms with Gasteiger partial charge in [-0.3, -0.25) is 4.52 Å². The number of likely N-dealkylation sites (N-methyl/N-ethyl adjacent to an activating group) is 1. The van der Waals surface area contributed by atoms with E-state index in [2.05, 4.69) is 34.2 Å². The van der Waals surface area contributed by atoms with E-state index in [0.717, 1.165) is 6.04 Å². The van der Waals surface area contributed by atoms with Crippen LogP contribution < -0.4 is 0 Å². The smallest absolute Gasteiger partial charge is 0.329 e. The monoisotopic (exact) mass is 316 g/mol. The van der Waals surface area contributed by atoms with Crippen LogP contribution in [-0.4, -0.2) is 58.4 Å². The van der Waals surface area contributed by atoms with E-state index in [4.69, 9.17) is 4.52 Å². The van der Waals surface area contributed by atoms with Gasteiger partial charge in [0.1, 0.15) is 13.2 Å². The number of phosphoric acid groups is 1. The second-order valence-electron chi connectivity index (χ2n) is 6.59. The van der Waals surface area contributed by atoms with Gasteiger partial charge in [0, 0.05) is 8.07 Å². The Morgan fingerprint density at radius 3 is 2.21 bits per heavy atom. The topological polar surface area (TPSA) is 74.2 Å². The fraction of sp³-hybridized carbons (Fsp3) is 1.00. The minimum Gasteiger partial charge on any atom is -0.329 e. The number of rotatable bonds is 10. The second kappa shape index (κ2) is 7.85. The minimum absolute atomic E-state index is 0.0928. The highest BCUT2D eigenvalue weighted by molar-refractivity contribution is 7.47. The lowest BCUT2D eigenvalue weighted by Crippen LogP contribution is -2.37. The molecule has 1 unspecified atom stereocenters. The van der Waals surface area contributed by atoms with Crippen LogP contribution in [0, 0.1) is 0 Å². The molecule has 1 atom stereocenters. The molecule has 0 aliphatic heterocycles. The van der Waals surface area contributed by atoms with Crippen LogP contribution in [0.25, 0.3) is 0 Å². The largest absolute Gasteiger partial charge is 0.501 e. The zero-order valence-corrected chi connectivity index (χ0v) is 14.6. The Kier molecular flexibility index (Phi) is 7.93. The summed E-state index contributed by atoms with van der Waals surface area (Å²) >= 11 is 0. The third-order valence-corrected chi connectivity index (χ3v) is 4.59. The number of phosphoric ester groups is 1. The van der Waals surface area contributed by atoms with Crippen LogP contribution in [0.15, 0.2) is 0 Å². The van der Waals surface area contributed by atoms with E-state index >= 15 is 0 Å². The zero-order chi connectivity index (χ0) is 15.2. The maximum absolute atomic E-state index is 11.4. The standard InChI is InChI=1S/C10H26NO6PSi/c1-11(2,3)7-8-15-18(12,13)17-16-14-9-10-19(4,5)6/h7-10H2,1-6H3/p+1. The van der Waals surface area contributed by atoms with Crippen LogP contribution in [0.1, 0.15) is 0 Å². The summed E-state index contributed by atoms with van der Waals surface area (Å²) < 4.78 is 21.0. The molecule has 9 heteroatoms. The first kappa shape index (κ1) is 19.2. The third-order valence-electron chi connectivity index (χ3n) is 2.12. The number of nitrogens with zero attached hydrogens (tertiary/aromatic N) is 1. The van der Waals surface area contributed by atoms with Gasteiger partial charge in [0.15, 0.2) is 0 Å². The molecule has 0 aliphatic carbocycles. The molecule has 0 aromatic carbocycles. The first-order chi connectivity index (χ1) is 8.41. The van der Waals surface area contributed by atoms with Gasteiger partial charge in [-0.05, 0) is 6.04 Å². The quantitative estimate of drug-likeness (QED) is 0.166. The molecule has 0 amide bonds. The van der Waals surface area contributed by atoms with Crippen molar-refractivity contribution in [1.29, 1.82) is 0 Å². The van der Waals surface area contributed by atoms with E-state index < -0.39 is 15.9 Å². The van der Waals surface area contributed by atoms with Crippen molar-refractivity contribution < 1.29 is 33.1 Å². The molecule has 0 saturated carbocycles. The van der Waals surface area contributed by atoms with E-state index in [0.29, 0.717) is 17.6 Å². The summed E-state index contributed by atoms with van der Waals surface area (Å²) in [5, 5.41) is 4.26. The fourth-order valence-electron chi connectivity index (χ4n) is 0.893. The first-order valence-corrected chi connectivity index (χ1v) is 11.4. The van der Waals surface area contributed by atoms with Crippen molar-refractivity contribution in [2.75, 3.05) is 40.9 Å². The summed E-state index contributed by atoms with van der Waals surface area (Å²) in [6.07, 6.45) is 0. The van der Waals surface area contributed by atoms with Crippen molar-refractivity contribution in [3.8, 4) is 0 Å². The molecule has 0 spiro atoms. The molecular weight excluding hydrogens is 289 g/mol. The summed E-state index contributed by atoms with van der Waals surface area (Å²) in [5.41, 5.74) is 0. The molecule has 0 aromatic rings. The van der Waals surface area contributed by atoms with Gasteiger partial charge in [-0.25, -0.2) is 9.45 Å². The summed E-state index contributed by atoms with van der Waals surface area (Å²) in [4.78, 5) is 14.0. The van der Waals surface area contributed by atoms with Gasteiger partial charge in [-0.15, -0.1) is 0 Å². The Bertz CT molecular complexity index is 301. The summed E-state index contributed by atoms with van der Waals surface area (Å²) in [7, 11) is 0.415. The van der Waals surface area contributed by atoms with Gasteiger partial charge < -0.3 is 9.38 Å². The Hall–Kier alpha value is 0.207. The van der Waals surface area contributed by atoms with Crippen molar-refractivity contribution >= 4 is 15.9 Å². The Morgan fingerprint density at radius 1 is 1.16 bits per heavy atom.